The third-order valence-electron chi connectivity index (χ3n) is 6.71. The highest BCUT2D eigenvalue weighted by atomic mass is 32.2. The fourth-order valence-electron chi connectivity index (χ4n) is 4.54. The SMILES string of the molecule is O=C(CSCC1CC1)N1CCC2(CCC(=O)N(CCc3ccccc3)C2)CC1. The highest BCUT2D eigenvalue weighted by Gasteiger charge is 2.41. The van der Waals surface area contributed by atoms with Gasteiger partial charge in [-0.15, -0.1) is 0 Å². The number of amides is 2. The van der Waals surface area contributed by atoms with E-state index in [0.717, 1.165) is 63.5 Å². The van der Waals surface area contributed by atoms with Crippen molar-refractivity contribution < 1.29 is 9.59 Å². The molecule has 1 aromatic rings. The Morgan fingerprint density at radius 1 is 1.11 bits per heavy atom. The van der Waals surface area contributed by atoms with Gasteiger partial charge in [0.15, 0.2) is 0 Å². The van der Waals surface area contributed by atoms with Crippen LogP contribution in [-0.2, 0) is 16.0 Å². The van der Waals surface area contributed by atoms with Crippen molar-refractivity contribution in [2.75, 3.05) is 37.7 Å². The molecule has 4 nitrogen and oxygen atoms in total. The highest BCUT2D eigenvalue weighted by Crippen LogP contribution is 2.40. The minimum atomic E-state index is 0.225. The van der Waals surface area contributed by atoms with Crippen LogP contribution in [0.15, 0.2) is 30.3 Å². The first kappa shape index (κ1) is 19.8. The Hall–Kier alpha value is -1.49. The minimum absolute atomic E-state index is 0.225. The summed E-state index contributed by atoms with van der Waals surface area (Å²) in [6, 6.07) is 10.4. The van der Waals surface area contributed by atoms with Crippen molar-refractivity contribution in [2.24, 2.45) is 11.3 Å². The van der Waals surface area contributed by atoms with Crippen molar-refractivity contribution in [3.8, 4) is 0 Å². The summed E-state index contributed by atoms with van der Waals surface area (Å²) in [5, 5.41) is 0. The molecule has 2 amide bonds. The molecule has 2 heterocycles. The Balaban J connectivity index is 1.25. The third kappa shape index (κ3) is 5.11. The van der Waals surface area contributed by atoms with Crippen LogP contribution in [-0.4, -0.2) is 59.3 Å². The molecule has 1 aliphatic carbocycles. The molecule has 0 aromatic heterocycles. The predicted molar refractivity (Wildman–Crippen MR) is 114 cm³/mol. The summed E-state index contributed by atoms with van der Waals surface area (Å²) in [7, 11) is 0. The topological polar surface area (TPSA) is 40.6 Å². The summed E-state index contributed by atoms with van der Waals surface area (Å²) in [5.41, 5.74) is 1.52. The molecule has 0 N–H and O–H groups in total. The van der Waals surface area contributed by atoms with E-state index in [9.17, 15) is 9.59 Å². The number of rotatable bonds is 7. The lowest BCUT2D eigenvalue weighted by atomic mass is 9.72. The zero-order valence-electron chi connectivity index (χ0n) is 16.8. The molecular formula is C23H32N2O2S. The van der Waals surface area contributed by atoms with Crippen LogP contribution in [0.4, 0.5) is 0 Å². The Morgan fingerprint density at radius 2 is 1.86 bits per heavy atom. The first-order valence-corrected chi connectivity index (χ1v) is 12.0. The summed E-state index contributed by atoms with van der Waals surface area (Å²) < 4.78 is 0. The Labute approximate surface area is 173 Å². The molecule has 1 spiro atoms. The van der Waals surface area contributed by atoms with E-state index in [-0.39, 0.29) is 5.41 Å². The fraction of sp³-hybridized carbons (Fsp3) is 0.652. The summed E-state index contributed by atoms with van der Waals surface area (Å²) in [6.07, 6.45) is 7.37. The largest absolute Gasteiger partial charge is 0.342 e. The average Bonchev–Trinajstić information content (AvgIpc) is 3.55. The van der Waals surface area contributed by atoms with E-state index in [0.29, 0.717) is 24.0 Å². The maximum absolute atomic E-state index is 12.5. The predicted octanol–water partition coefficient (Wildman–Crippen LogP) is 3.60. The van der Waals surface area contributed by atoms with Gasteiger partial charge < -0.3 is 9.80 Å². The van der Waals surface area contributed by atoms with Gasteiger partial charge in [-0.05, 0) is 61.2 Å². The van der Waals surface area contributed by atoms with Gasteiger partial charge in [-0.1, -0.05) is 30.3 Å². The zero-order valence-corrected chi connectivity index (χ0v) is 17.6. The molecule has 3 fully saturated rings. The van der Waals surface area contributed by atoms with Gasteiger partial charge in [0, 0.05) is 32.6 Å². The summed E-state index contributed by atoms with van der Waals surface area (Å²) in [5.74, 6) is 3.29. The number of likely N-dealkylation sites (tertiary alicyclic amines) is 2. The molecule has 0 atom stereocenters. The molecule has 4 rings (SSSR count). The summed E-state index contributed by atoms with van der Waals surface area (Å²) >= 11 is 1.81. The lowest BCUT2D eigenvalue weighted by Crippen LogP contribution is -2.52. The number of carbonyl (C=O) groups is 2. The van der Waals surface area contributed by atoms with Crippen LogP contribution in [0.5, 0.6) is 0 Å². The number of carbonyl (C=O) groups excluding carboxylic acids is 2. The normalized spacial score (nSPS) is 21.9. The minimum Gasteiger partial charge on any atom is -0.342 e. The van der Waals surface area contributed by atoms with Crippen LogP contribution < -0.4 is 0 Å². The van der Waals surface area contributed by atoms with E-state index < -0.39 is 0 Å². The van der Waals surface area contributed by atoms with Crippen molar-refractivity contribution in [1.29, 1.82) is 0 Å². The molecule has 3 aliphatic rings. The van der Waals surface area contributed by atoms with Crippen molar-refractivity contribution in [3.63, 3.8) is 0 Å². The van der Waals surface area contributed by atoms with Gasteiger partial charge in [0.2, 0.25) is 11.8 Å². The molecule has 152 valence electrons. The maximum Gasteiger partial charge on any atom is 0.232 e. The molecule has 0 radical (unpaired) electrons. The monoisotopic (exact) mass is 400 g/mol. The fourth-order valence-corrected chi connectivity index (χ4v) is 5.68. The Morgan fingerprint density at radius 3 is 2.57 bits per heavy atom. The number of piperidine rings is 2. The quantitative estimate of drug-likeness (QED) is 0.702. The van der Waals surface area contributed by atoms with Crippen LogP contribution in [0.2, 0.25) is 0 Å². The lowest BCUT2D eigenvalue weighted by Gasteiger charge is -2.47. The number of benzene rings is 1. The Bertz CT molecular complexity index is 681. The molecule has 2 saturated heterocycles. The van der Waals surface area contributed by atoms with Crippen LogP contribution in [0.25, 0.3) is 0 Å². The van der Waals surface area contributed by atoms with E-state index in [1.54, 1.807) is 0 Å². The van der Waals surface area contributed by atoms with Gasteiger partial charge in [-0.25, -0.2) is 0 Å². The highest BCUT2D eigenvalue weighted by molar-refractivity contribution is 7.99. The average molecular weight is 401 g/mol. The molecule has 0 unspecified atom stereocenters. The van der Waals surface area contributed by atoms with Gasteiger partial charge in [0.05, 0.1) is 5.75 Å². The van der Waals surface area contributed by atoms with Crippen LogP contribution in [0.3, 0.4) is 0 Å². The molecule has 5 heteroatoms. The van der Waals surface area contributed by atoms with Crippen LogP contribution in [0, 0.1) is 11.3 Å². The molecule has 0 bridgehead atoms. The molecule has 2 aliphatic heterocycles. The lowest BCUT2D eigenvalue weighted by molar-refractivity contribution is -0.141. The standard InChI is InChI=1S/C23H32N2O2S/c26-21-8-10-23(18-25(21)13-9-19-4-2-1-3-5-19)11-14-24(15-12-23)22(27)17-28-16-20-6-7-20/h1-5,20H,6-18H2. The van der Waals surface area contributed by atoms with Gasteiger partial charge in [-0.2, -0.15) is 11.8 Å². The number of hydrogen-bond acceptors (Lipinski definition) is 3. The van der Waals surface area contributed by atoms with Crippen LogP contribution >= 0.6 is 11.8 Å². The maximum atomic E-state index is 12.5. The van der Waals surface area contributed by atoms with E-state index in [1.165, 1.54) is 18.4 Å². The molecule has 1 aromatic carbocycles. The number of nitrogens with zero attached hydrogens (tertiary/aromatic N) is 2. The van der Waals surface area contributed by atoms with E-state index in [1.807, 2.05) is 17.8 Å². The molecule has 28 heavy (non-hydrogen) atoms. The summed E-state index contributed by atoms with van der Waals surface area (Å²) in [4.78, 5) is 29.1. The van der Waals surface area contributed by atoms with Gasteiger partial charge in [0.25, 0.3) is 0 Å². The first-order chi connectivity index (χ1) is 13.6. The molecular weight excluding hydrogens is 368 g/mol. The third-order valence-corrected chi connectivity index (χ3v) is 7.87. The second-order valence-electron chi connectivity index (χ2n) is 8.89. The Kier molecular flexibility index (Phi) is 6.29. The summed E-state index contributed by atoms with van der Waals surface area (Å²) in [6.45, 7) is 3.41. The van der Waals surface area contributed by atoms with Gasteiger partial charge >= 0.3 is 0 Å². The van der Waals surface area contributed by atoms with Crippen molar-refractivity contribution >= 4 is 23.6 Å². The van der Waals surface area contributed by atoms with Crippen LogP contribution in [0.1, 0.15) is 44.1 Å². The van der Waals surface area contributed by atoms with Gasteiger partial charge in [0.1, 0.15) is 0 Å². The van der Waals surface area contributed by atoms with Crippen molar-refractivity contribution in [3.05, 3.63) is 35.9 Å². The zero-order chi connectivity index (χ0) is 19.4. The van der Waals surface area contributed by atoms with E-state index in [4.69, 9.17) is 0 Å². The first-order valence-electron chi connectivity index (χ1n) is 10.8. The van der Waals surface area contributed by atoms with E-state index >= 15 is 0 Å². The van der Waals surface area contributed by atoms with E-state index in [2.05, 4.69) is 34.1 Å². The molecule has 1 saturated carbocycles. The van der Waals surface area contributed by atoms with Crippen molar-refractivity contribution in [2.45, 2.75) is 44.9 Å². The number of hydrogen-bond donors (Lipinski definition) is 0. The smallest absolute Gasteiger partial charge is 0.232 e. The second kappa shape index (κ2) is 8.89. The second-order valence-corrected chi connectivity index (χ2v) is 9.92. The number of thioether (sulfide) groups is 1. The van der Waals surface area contributed by atoms with Crippen molar-refractivity contribution in [1.82, 2.24) is 9.80 Å². The van der Waals surface area contributed by atoms with Gasteiger partial charge in [-0.3, -0.25) is 9.59 Å².